The van der Waals surface area contributed by atoms with E-state index in [0.717, 1.165) is 0 Å². The number of hydrogen-bond donors (Lipinski definition) is 5. The van der Waals surface area contributed by atoms with Crippen molar-refractivity contribution in [3.05, 3.63) is 0 Å². The molecule has 126 valence electrons. The molecule has 0 spiro atoms. The van der Waals surface area contributed by atoms with Gasteiger partial charge in [-0.25, -0.2) is 0 Å². The minimum absolute atomic E-state index is 0.581. The van der Waals surface area contributed by atoms with E-state index in [1.807, 2.05) is 0 Å². The van der Waals surface area contributed by atoms with Gasteiger partial charge in [0.25, 0.3) is 0 Å². The largest absolute Gasteiger partial charge is 0.790 e. The molecule has 1 aliphatic rings. The Bertz CT molecular complexity index is 358. The third kappa shape index (κ3) is 5.85. The highest BCUT2D eigenvalue weighted by atomic mass is 31.2. The lowest BCUT2D eigenvalue weighted by Gasteiger charge is -2.39. The third-order valence-electron chi connectivity index (χ3n) is 2.73. The highest BCUT2D eigenvalue weighted by Gasteiger charge is 2.44. The first kappa shape index (κ1) is 18.9. The molecule has 0 aliphatic carbocycles. The number of hydrogen-bond acceptors (Lipinski definition) is 11. The molecule has 0 unspecified atom stereocenters. The molecule has 1 aliphatic heterocycles. The van der Waals surface area contributed by atoms with Gasteiger partial charge in [-0.05, 0) is 0 Å². The molecule has 21 heavy (non-hydrogen) atoms. The standard InChI is InChI=1S/C9H19O11P/c10-1-5-6(12)7(13)8(14)9(20-5)18-2-4(11)3-19-21(15,16)17/h4-14H,1-3H2,(H2,15,16,17)/p-2/t4-,5-,6+,7+,8-,9+/m1/s1. The molecule has 0 saturated carbocycles. The Morgan fingerprint density at radius 2 is 1.76 bits per heavy atom. The summed E-state index contributed by atoms with van der Waals surface area (Å²) in [6.07, 6.45) is -9.00. The average Bonchev–Trinajstić information content (AvgIpc) is 2.41. The summed E-state index contributed by atoms with van der Waals surface area (Å²) in [5.74, 6) is 0. The summed E-state index contributed by atoms with van der Waals surface area (Å²) in [6, 6.07) is 0. The van der Waals surface area contributed by atoms with E-state index in [-0.39, 0.29) is 0 Å². The molecule has 6 atom stereocenters. The summed E-state index contributed by atoms with van der Waals surface area (Å²) in [7, 11) is -5.22. The van der Waals surface area contributed by atoms with Crippen molar-refractivity contribution in [2.24, 2.45) is 0 Å². The second-order valence-electron chi connectivity index (χ2n) is 4.43. The van der Waals surface area contributed by atoms with Crippen molar-refractivity contribution in [1.82, 2.24) is 0 Å². The first-order valence-electron chi connectivity index (χ1n) is 5.92. The van der Waals surface area contributed by atoms with Gasteiger partial charge in [-0.1, -0.05) is 0 Å². The maximum atomic E-state index is 10.2. The van der Waals surface area contributed by atoms with E-state index in [1.165, 1.54) is 0 Å². The van der Waals surface area contributed by atoms with Crippen LogP contribution in [-0.4, -0.2) is 82.2 Å². The molecule has 1 saturated heterocycles. The Balaban J connectivity index is 2.44. The van der Waals surface area contributed by atoms with Crippen molar-refractivity contribution in [3.63, 3.8) is 0 Å². The van der Waals surface area contributed by atoms with Crippen molar-refractivity contribution >= 4 is 7.82 Å². The predicted molar refractivity (Wildman–Crippen MR) is 59.3 cm³/mol. The van der Waals surface area contributed by atoms with Crippen LogP contribution in [0.3, 0.4) is 0 Å². The van der Waals surface area contributed by atoms with E-state index in [4.69, 9.17) is 14.6 Å². The van der Waals surface area contributed by atoms with Gasteiger partial charge in [-0.3, -0.25) is 0 Å². The van der Waals surface area contributed by atoms with Gasteiger partial charge < -0.3 is 53.9 Å². The predicted octanol–water partition coefficient (Wildman–Crippen LogP) is -4.99. The SMILES string of the molecule is O=P([O-])([O-])OC[C@H](O)CO[C@H]1O[C@H](CO)[C@H](O)[C@H](O)[C@H]1O. The smallest absolute Gasteiger partial charge is 0.186 e. The summed E-state index contributed by atoms with van der Waals surface area (Å²) in [5, 5.41) is 46.8. The minimum Gasteiger partial charge on any atom is -0.790 e. The van der Waals surface area contributed by atoms with Gasteiger partial charge >= 0.3 is 0 Å². The van der Waals surface area contributed by atoms with Crippen LogP contribution >= 0.6 is 7.82 Å². The Morgan fingerprint density at radius 1 is 1.14 bits per heavy atom. The molecule has 0 bridgehead atoms. The molecular formula is C9H17O11P-2. The Morgan fingerprint density at radius 3 is 2.29 bits per heavy atom. The molecule has 1 fully saturated rings. The molecule has 0 radical (unpaired) electrons. The van der Waals surface area contributed by atoms with Crippen molar-refractivity contribution in [2.45, 2.75) is 36.8 Å². The highest BCUT2D eigenvalue weighted by Crippen LogP contribution is 2.25. The van der Waals surface area contributed by atoms with Crippen molar-refractivity contribution in [1.29, 1.82) is 0 Å². The van der Waals surface area contributed by atoms with Gasteiger partial charge in [0.2, 0.25) is 0 Å². The van der Waals surface area contributed by atoms with Crippen LogP contribution in [0.5, 0.6) is 0 Å². The summed E-state index contributed by atoms with van der Waals surface area (Å²) >= 11 is 0. The molecule has 1 heterocycles. The van der Waals surface area contributed by atoms with Gasteiger partial charge in [-0.2, -0.15) is 0 Å². The van der Waals surface area contributed by atoms with Gasteiger partial charge in [0.1, 0.15) is 30.5 Å². The van der Waals surface area contributed by atoms with Crippen LogP contribution in [0.1, 0.15) is 0 Å². The average molecular weight is 332 g/mol. The lowest BCUT2D eigenvalue weighted by molar-refractivity contribution is -0.343. The number of phosphoric ester groups is 1. The van der Waals surface area contributed by atoms with Crippen LogP contribution < -0.4 is 9.79 Å². The first-order chi connectivity index (χ1) is 9.65. The molecule has 0 aromatic carbocycles. The minimum atomic E-state index is -5.22. The summed E-state index contributed by atoms with van der Waals surface area (Å²) < 4.78 is 23.9. The fraction of sp³-hybridized carbons (Fsp3) is 1.00. The summed E-state index contributed by atoms with van der Waals surface area (Å²) in [4.78, 5) is 20.4. The van der Waals surface area contributed by atoms with Crippen LogP contribution in [0.4, 0.5) is 0 Å². The van der Waals surface area contributed by atoms with Crippen LogP contribution in [0.2, 0.25) is 0 Å². The number of aliphatic hydroxyl groups excluding tert-OH is 5. The van der Waals surface area contributed by atoms with Gasteiger partial charge in [0.15, 0.2) is 6.29 Å². The maximum Gasteiger partial charge on any atom is 0.186 e. The molecule has 11 nitrogen and oxygen atoms in total. The Hall–Kier alpha value is -0.170. The fourth-order valence-corrected chi connectivity index (χ4v) is 1.99. The number of rotatable bonds is 7. The molecular weight excluding hydrogens is 315 g/mol. The molecule has 5 N–H and O–H groups in total. The molecule has 1 rings (SSSR count). The van der Waals surface area contributed by atoms with E-state index in [2.05, 4.69) is 4.52 Å². The number of ether oxygens (including phenoxy) is 2. The zero-order valence-corrected chi connectivity index (χ0v) is 11.6. The van der Waals surface area contributed by atoms with Crippen LogP contribution in [0.25, 0.3) is 0 Å². The lowest BCUT2D eigenvalue weighted by atomic mass is 9.99. The van der Waals surface area contributed by atoms with Gasteiger partial charge in [0.05, 0.1) is 27.6 Å². The molecule has 0 aromatic rings. The zero-order valence-electron chi connectivity index (χ0n) is 10.7. The van der Waals surface area contributed by atoms with Crippen molar-refractivity contribution in [3.8, 4) is 0 Å². The van der Waals surface area contributed by atoms with Gasteiger partial charge in [-0.15, -0.1) is 0 Å². The first-order valence-corrected chi connectivity index (χ1v) is 7.38. The van der Waals surface area contributed by atoms with E-state index in [1.54, 1.807) is 0 Å². The van der Waals surface area contributed by atoms with E-state index >= 15 is 0 Å². The number of phosphoric acid groups is 1. The molecule has 0 aromatic heterocycles. The fourth-order valence-electron chi connectivity index (χ4n) is 1.64. The van der Waals surface area contributed by atoms with Crippen molar-refractivity contribution in [2.75, 3.05) is 19.8 Å². The van der Waals surface area contributed by atoms with Crippen molar-refractivity contribution < 1.29 is 53.9 Å². The monoisotopic (exact) mass is 332 g/mol. The van der Waals surface area contributed by atoms with E-state index in [9.17, 15) is 34.8 Å². The van der Waals surface area contributed by atoms with Crippen LogP contribution in [0.15, 0.2) is 0 Å². The maximum absolute atomic E-state index is 10.2. The second kappa shape index (κ2) is 7.90. The van der Waals surface area contributed by atoms with Gasteiger partial charge in [0, 0.05) is 0 Å². The van der Waals surface area contributed by atoms with Crippen LogP contribution in [-0.2, 0) is 18.6 Å². The molecule has 12 heteroatoms. The lowest BCUT2D eigenvalue weighted by Crippen LogP contribution is -2.59. The topological polar surface area (TPSA) is 192 Å². The molecule has 0 amide bonds. The van der Waals surface area contributed by atoms with E-state index in [0.29, 0.717) is 0 Å². The Kier molecular flexibility index (Phi) is 7.10. The third-order valence-corrected chi connectivity index (χ3v) is 3.19. The Labute approximate surface area is 119 Å². The summed E-state index contributed by atoms with van der Waals surface area (Å²) in [6.45, 7) is -2.07. The second-order valence-corrected chi connectivity index (χ2v) is 5.58. The van der Waals surface area contributed by atoms with Crippen LogP contribution in [0, 0.1) is 0 Å². The zero-order chi connectivity index (χ0) is 16.2. The number of aliphatic hydroxyl groups is 5. The van der Waals surface area contributed by atoms with E-state index < -0.39 is 64.5 Å². The summed E-state index contributed by atoms with van der Waals surface area (Å²) in [5.41, 5.74) is 0. The normalized spacial score (nSPS) is 35.7. The highest BCUT2D eigenvalue weighted by molar-refractivity contribution is 7.43. The quantitative estimate of drug-likeness (QED) is 0.280.